The quantitative estimate of drug-likeness (QED) is 0.829. The Kier molecular flexibility index (Phi) is 6.28. The SMILES string of the molecule is CCOC(=O)c1c(NC(=O)CSC(C)(C)C)sc(C)c1C. The van der Waals surface area contributed by atoms with E-state index in [1.165, 1.54) is 11.3 Å². The van der Waals surface area contributed by atoms with Gasteiger partial charge in [-0.3, -0.25) is 4.79 Å². The van der Waals surface area contributed by atoms with Gasteiger partial charge in [-0.25, -0.2) is 4.79 Å². The molecule has 0 unspecified atom stereocenters. The summed E-state index contributed by atoms with van der Waals surface area (Å²) < 4.78 is 5.10. The first-order valence-corrected chi connectivity index (χ1v) is 8.66. The van der Waals surface area contributed by atoms with E-state index >= 15 is 0 Å². The van der Waals surface area contributed by atoms with Gasteiger partial charge in [0.05, 0.1) is 17.9 Å². The van der Waals surface area contributed by atoms with Gasteiger partial charge in [0.25, 0.3) is 0 Å². The van der Waals surface area contributed by atoms with Gasteiger partial charge in [0.2, 0.25) is 5.91 Å². The minimum Gasteiger partial charge on any atom is -0.462 e. The number of anilines is 1. The van der Waals surface area contributed by atoms with Crippen LogP contribution >= 0.6 is 23.1 Å². The highest BCUT2D eigenvalue weighted by Gasteiger charge is 2.22. The molecule has 118 valence electrons. The first-order chi connectivity index (χ1) is 9.65. The largest absolute Gasteiger partial charge is 0.462 e. The average molecular weight is 329 g/mol. The summed E-state index contributed by atoms with van der Waals surface area (Å²) in [5.74, 6) is -0.110. The van der Waals surface area contributed by atoms with Crippen LogP contribution < -0.4 is 5.32 Å². The van der Waals surface area contributed by atoms with Gasteiger partial charge in [-0.1, -0.05) is 20.8 Å². The Hall–Kier alpha value is -1.01. The molecular formula is C15H23NO3S2. The van der Waals surface area contributed by atoms with E-state index in [-0.39, 0.29) is 16.6 Å². The Bertz CT molecular complexity index is 530. The molecule has 0 spiro atoms. The van der Waals surface area contributed by atoms with Crippen LogP contribution in [0.2, 0.25) is 0 Å². The molecule has 0 saturated carbocycles. The molecule has 0 fully saturated rings. The summed E-state index contributed by atoms with van der Waals surface area (Å²) in [5, 5.41) is 3.43. The summed E-state index contributed by atoms with van der Waals surface area (Å²) in [6.45, 7) is 12.1. The first kappa shape index (κ1) is 18.0. The average Bonchev–Trinajstić information content (AvgIpc) is 2.62. The van der Waals surface area contributed by atoms with Crippen molar-refractivity contribution in [3.8, 4) is 0 Å². The Morgan fingerprint density at radius 2 is 1.90 bits per heavy atom. The molecule has 1 N–H and O–H groups in total. The lowest BCUT2D eigenvalue weighted by Gasteiger charge is -2.17. The van der Waals surface area contributed by atoms with Gasteiger partial charge in [0.1, 0.15) is 5.00 Å². The molecule has 0 aliphatic carbocycles. The first-order valence-electron chi connectivity index (χ1n) is 6.86. The fraction of sp³-hybridized carbons (Fsp3) is 0.600. The minimum absolute atomic E-state index is 0.0304. The number of carbonyl (C=O) groups excluding carboxylic acids is 2. The van der Waals surface area contributed by atoms with E-state index in [4.69, 9.17) is 4.74 Å². The normalized spacial score (nSPS) is 11.3. The standard InChI is InChI=1S/C15H23NO3S2/c1-7-19-14(18)12-9(2)10(3)21-13(12)16-11(17)8-20-15(4,5)6/h7-8H2,1-6H3,(H,16,17). The van der Waals surface area contributed by atoms with Crippen molar-refractivity contribution in [2.45, 2.75) is 46.3 Å². The third-order valence-corrected chi connectivity index (χ3v) is 5.15. The number of esters is 1. The van der Waals surface area contributed by atoms with Crippen LogP contribution in [-0.4, -0.2) is 29.0 Å². The number of aryl methyl sites for hydroxylation is 1. The van der Waals surface area contributed by atoms with Crippen molar-refractivity contribution in [2.24, 2.45) is 0 Å². The van der Waals surface area contributed by atoms with Crippen LogP contribution in [0.5, 0.6) is 0 Å². The monoisotopic (exact) mass is 329 g/mol. The second-order valence-corrected chi connectivity index (χ2v) is 8.68. The van der Waals surface area contributed by atoms with Crippen LogP contribution in [0.25, 0.3) is 0 Å². The topological polar surface area (TPSA) is 55.4 Å². The van der Waals surface area contributed by atoms with Crippen LogP contribution in [0.15, 0.2) is 0 Å². The van der Waals surface area contributed by atoms with Gasteiger partial charge in [-0.05, 0) is 26.3 Å². The zero-order valence-corrected chi connectivity index (χ0v) is 15.1. The number of carbonyl (C=O) groups is 2. The van der Waals surface area contributed by atoms with Crippen LogP contribution in [0.3, 0.4) is 0 Å². The van der Waals surface area contributed by atoms with Crippen molar-refractivity contribution >= 4 is 40.0 Å². The molecule has 21 heavy (non-hydrogen) atoms. The summed E-state index contributed by atoms with van der Waals surface area (Å²) in [6, 6.07) is 0. The van der Waals surface area contributed by atoms with E-state index in [1.807, 2.05) is 13.8 Å². The number of rotatable bonds is 5. The molecule has 0 bridgehead atoms. The Balaban J connectivity index is 2.86. The number of hydrogen-bond acceptors (Lipinski definition) is 5. The predicted molar refractivity (Wildman–Crippen MR) is 90.6 cm³/mol. The maximum absolute atomic E-state index is 12.0. The summed E-state index contributed by atoms with van der Waals surface area (Å²) >= 11 is 2.99. The van der Waals surface area contributed by atoms with Crippen molar-refractivity contribution in [1.82, 2.24) is 0 Å². The number of ether oxygens (including phenoxy) is 1. The van der Waals surface area contributed by atoms with Gasteiger partial charge in [-0.15, -0.1) is 23.1 Å². The summed E-state index contributed by atoms with van der Waals surface area (Å²) in [4.78, 5) is 25.1. The Labute approximate surface area is 134 Å². The number of nitrogens with one attached hydrogen (secondary N) is 1. The van der Waals surface area contributed by atoms with Gasteiger partial charge >= 0.3 is 5.97 Å². The molecule has 0 atom stereocenters. The van der Waals surface area contributed by atoms with Gasteiger partial charge < -0.3 is 10.1 Å². The van der Waals surface area contributed by atoms with Crippen molar-refractivity contribution < 1.29 is 14.3 Å². The molecule has 0 saturated heterocycles. The highest BCUT2D eigenvalue weighted by Crippen LogP contribution is 2.33. The third kappa shape index (κ3) is 5.36. The van der Waals surface area contributed by atoms with E-state index < -0.39 is 0 Å². The van der Waals surface area contributed by atoms with Crippen LogP contribution in [-0.2, 0) is 9.53 Å². The number of amides is 1. The minimum atomic E-state index is -0.377. The molecule has 6 heteroatoms. The van der Waals surface area contributed by atoms with E-state index in [2.05, 4.69) is 26.1 Å². The fourth-order valence-electron chi connectivity index (χ4n) is 1.61. The molecule has 1 aromatic rings. The lowest BCUT2D eigenvalue weighted by molar-refractivity contribution is -0.113. The lowest BCUT2D eigenvalue weighted by atomic mass is 10.1. The second-order valence-electron chi connectivity index (χ2n) is 5.66. The summed E-state index contributed by atoms with van der Waals surface area (Å²) in [6.07, 6.45) is 0. The molecule has 1 heterocycles. The predicted octanol–water partition coefficient (Wildman–Crippen LogP) is 4.01. The van der Waals surface area contributed by atoms with Crippen molar-refractivity contribution in [2.75, 3.05) is 17.7 Å². The van der Waals surface area contributed by atoms with Gasteiger partial charge in [0, 0.05) is 9.62 Å². The van der Waals surface area contributed by atoms with E-state index in [9.17, 15) is 9.59 Å². The maximum atomic E-state index is 12.0. The van der Waals surface area contributed by atoms with Crippen molar-refractivity contribution in [3.63, 3.8) is 0 Å². The molecule has 0 aliphatic heterocycles. The Morgan fingerprint density at radius 3 is 2.43 bits per heavy atom. The third-order valence-electron chi connectivity index (χ3n) is 2.75. The van der Waals surface area contributed by atoms with Crippen LogP contribution in [0.4, 0.5) is 5.00 Å². The zero-order chi connectivity index (χ0) is 16.2. The molecule has 0 aliphatic rings. The summed E-state index contributed by atoms with van der Waals surface area (Å²) in [7, 11) is 0. The van der Waals surface area contributed by atoms with Crippen molar-refractivity contribution in [1.29, 1.82) is 0 Å². The molecule has 1 amide bonds. The molecule has 1 aromatic heterocycles. The fourth-order valence-corrected chi connectivity index (χ4v) is 3.31. The second kappa shape index (κ2) is 7.31. The van der Waals surface area contributed by atoms with E-state index in [0.29, 0.717) is 22.9 Å². The Morgan fingerprint density at radius 1 is 1.29 bits per heavy atom. The van der Waals surface area contributed by atoms with Crippen LogP contribution in [0, 0.1) is 13.8 Å². The molecule has 4 nitrogen and oxygen atoms in total. The van der Waals surface area contributed by atoms with Crippen LogP contribution in [0.1, 0.15) is 48.5 Å². The molecule has 0 aromatic carbocycles. The number of thiophene rings is 1. The molecule has 1 rings (SSSR count). The molecule has 0 radical (unpaired) electrons. The number of thioether (sulfide) groups is 1. The number of hydrogen-bond donors (Lipinski definition) is 1. The highest BCUT2D eigenvalue weighted by atomic mass is 32.2. The smallest absolute Gasteiger partial charge is 0.341 e. The van der Waals surface area contributed by atoms with Crippen molar-refractivity contribution in [3.05, 3.63) is 16.0 Å². The van der Waals surface area contributed by atoms with Gasteiger partial charge in [0.15, 0.2) is 0 Å². The lowest BCUT2D eigenvalue weighted by Crippen LogP contribution is -2.20. The van der Waals surface area contributed by atoms with Gasteiger partial charge in [-0.2, -0.15) is 0 Å². The molecular weight excluding hydrogens is 306 g/mol. The highest BCUT2D eigenvalue weighted by molar-refractivity contribution is 8.01. The van der Waals surface area contributed by atoms with E-state index in [0.717, 1.165) is 10.4 Å². The summed E-state index contributed by atoms with van der Waals surface area (Å²) in [5.41, 5.74) is 1.35. The maximum Gasteiger partial charge on any atom is 0.341 e. The van der Waals surface area contributed by atoms with E-state index in [1.54, 1.807) is 18.7 Å². The zero-order valence-electron chi connectivity index (χ0n) is 13.5.